The summed E-state index contributed by atoms with van der Waals surface area (Å²) in [6.07, 6.45) is 1.80. The summed E-state index contributed by atoms with van der Waals surface area (Å²) < 4.78 is 0. The molecule has 0 aliphatic rings. The number of nitrogens with zero attached hydrogens (tertiary/aromatic N) is 1. The van der Waals surface area contributed by atoms with Crippen molar-refractivity contribution < 1.29 is 0 Å². The lowest BCUT2D eigenvalue weighted by atomic mass is 9.96. The zero-order valence-corrected chi connectivity index (χ0v) is 10.8. The molecule has 0 bridgehead atoms. The Morgan fingerprint density at radius 3 is 2.35 bits per heavy atom. The van der Waals surface area contributed by atoms with Gasteiger partial charge < -0.3 is 5.73 Å². The molecule has 0 fully saturated rings. The standard InChI is InChI=1S/C15H20N2/c1-11(2)12(3)15(13(4)16)10-17-14-8-6-5-7-9-14/h5-11H,3,16H2,1-2,4H3. The van der Waals surface area contributed by atoms with Crippen LogP contribution in [0.25, 0.3) is 0 Å². The summed E-state index contributed by atoms with van der Waals surface area (Å²) in [4.78, 5) is 4.41. The van der Waals surface area contributed by atoms with E-state index in [1.54, 1.807) is 6.21 Å². The molecule has 1 aromatic rings. The van der Waals surface area contributed by atoms with Gasteiger partial charge in [0, 0.05) is 17.5 Å². The molecule has 1 aromatic carbocycles. The van der Waals surface area contributed by atoms with Crippen LogP contribution in [0.3, 0.4) is 0 Å². The van der Waals surface area contributed by atoms with Gasteiger partial charge in [0.25, 0.3) is 0 Å². The lowest BCUT2D eigenvalue weighted by Gasteiger charge is -2.11. The van der Waals surface area contributed by atoms with Gasteiger partial charge in [0.2, 0.25) is 0 Å². The van der Waals surface area contributed by atoms with E-state index in [4.69, 9.17) is 5.73 Å². The molecule has 17 heavy (non-hydrogen) atoms. The minimum absolute atomic E-state index is 0.366. The number of allylic oxidation sites excluding steroid dienone is 3. The molecule has 0 amide bonds. The van der Waals surface area contributed by atoms with Crippen LogP contribution >= 0.6 is 0 Å². The second kappa shape index (κ2) is 6.04. The van der Waals surface area contributed by atoms with Crippen LogP contribution in [0.15, 0.2) is 58.7 Å². The van der Waals surface area contributed by atoms with Gasteiger partial charge in [-0.3, -0.25) is 4.99 Å². The quantitative estimate of drug-likeness (QED) is 0.617. The largest absolute Gasteiger partial charge is 0.402 e. The molecule has 0 aliphatic carbocycles. The van der Waals surface area contributed by atoms with Crippen molar-refractivity contribution in [2.45, 2.75) is 20.8 Å². The van der Waals surface area contributed by atoms with Crippen LogP contribution in [-0.2, 0) is 0 Å². The molecule has 0 aromatic heterocycles. The van der Waals surface area contributed by atoms with Gasteiger partial charge in [-0.05, 0) is 30.5 Å². The number of hydrogen-bond acceptors (Lipinski definition) is 2. The summed E-state index contributed by atoms with van der Waals surface area (Å²) in [7, 11) is 0. The normalized spacial score (nSPS) is 12.9. The predicted molar refractivity (Wildman–Crippen MR) is 75.5 cm³/mol. The molecule has 1 rings (SSSR count). The van der Waals surface area contributed by atoms with Crippen LogP contribution in [0.5, 0.6) is 0 Å². The monoisotopic (exact) mass is 228 g/mol. The highest BCUT2D eigenvalue weighted by Crippen LogP contribution is 2.19. The summed E-state index contributed by atoms with van der Waals surface area (Å²) in [6.45, 7) is 10.1. The minimum atomic E-state index is 0.366. The van der Waals surface area contributed by atoms with Crippen LogP contribution in [0.4, 0.5) is 5.69 Å². The van der Waals surface area contributed by atoms with Gasteiger partial charge in [-0.2, -0.15) is 0 Å². The number of para-hydroxylation sites is 1. The lowest BCUT2D eigenvalue weighted by molar-refractivity contribution is 0.787. The highest BCUT2D eigenvalue weighted by atomic mass is 14.7. The molecule has 0 aliphatic heterocycles. The molecule has 0 radical (unpaired) electrons. The van der Waals surface area contributed by atoms with Gasteiger partial charge in [-0.25, -0.2) is 0 Å². The summed E-state index contributed by atoms with van der Waals surface area (Å²) >= 11 is 0. The topological polar surface area (TPSA) is 38.4 Å². The van der Waals surface area contributed by atoms with Crippen molar-refractivity contribution in [3.8, 4) is 0 Å². The Kier molecular flexibility index (Phi) is 4.70. The van der Waals surface area contributed by atoms with Gasteiger partial charge >= 0.3 is 0 Å². The van der Waals surface area contributed by atoms with Gasteiger partial charge in [0.05, 0.1) is 5.69 Å². The summed E-state index contributed by atoms with van der Waals surface area (Å²) in [5.41, 5.74) is 9.49. The van der Waals surface area contributed by atoms with E-state index in [1.165, 1.54) is 0 Å². The molecule has 0 atom stereocenters. The predicted octanol–water partition coefficient (Wildman–Crippen LogP) is 3.83. The fourth-order valence-corrected chi connectivity index (χ4v) is 1.40. The van der Waals surface area contributed by atoms with Crippen molar-refractivity contribution >= 4 is 11.9 Å². The van der Waals surface area contributed by atoms with Crippen molar-refractivity contribution in [2.75, 3.05) is 0 Å². The number of rotatable bonds is 4. The maximum atomic E-state index is 5.87. The highest BCUT2D eigenvalue weighted by molar-refractivity contribution is 5.87. The molecule has 90 valence electrons. The van der Waals surface area contributed by atoms with Crippen molar-refractivity contribution in [1.82, 2.24) is 0 Å². The minimum Gasteiger partial charge on any atom is -0.402 e. The SMILES string of the molecule is C=C(C(C=Nc1ccccc1)=C(C)N)C(C)C. The first-order valence-electron chi connectivity index (χ1n) is 5.77. The molecule has 2 N–H and O–H groups in total. The van der Waals surface area contributed by atoms with Crippen LogP contribution in [0, 0.1) is 5.92 Å². The Hall–Kier alpha value is -1.83. The van der Waals surface area contributed by atoms with E-state index in [-0.39, 0.29) is 0 Å². The Labute approximate surface area is 104 Å². The Balaban J connectivity index is 2.94. The van der Waals surface area contributed by atoms with Crippen LogP contribution < -0.4 is 5.73 Å². The lowest BCUT2D eigenvalue weighted by Crippen LogP contribution is -2.05. The second-order valence-electron chi connectivity index (χ2n) is 4.37. The average molecular weight is 228 g/mol. The first-order valence-corrected chi connectivity index (χ1v) is 5.77. The summed E-state index contributed by atoms with van der Waals surface area (Å²) in [5.74, 6) is 0.366. The van der Waals surface area contributed by atoms with Crippen LogP contribution in [-0.4, -0.2) is 6.21 Å². The molecule has 0 spiro atoms. The van der Waals surface area contributed by atoms with E-state index in [9.17, 15) is 0 Å². The van der Waals surface area contributed by atoms with E-state index >= 15 is 0 Å². The summed E-state index contributed by atoms with van der Waals surface area (Å²) in [6, 6.07) is 9.80. The average Bonchev–Trinajstić information content (AvgIpc) is 2.29. The first-order chi connectivity index (χ1) is 8.02. The molecule has 2 nitrogen and oxygen atoms in total. The number of nitrogens with two attached hydrogens (primary N) is 1. The third-order valence-corrected chi connectivity index (χ3v) is 2.57. The molecule has 2 heteroatoms. The molecule has 0 unspecified atom stereocenters. The Morgan fingerprint density at radius 1 is 1.29 bits per heavy atom. The molecule has 0 heterocycles. The van der Waals surface area contributed by atoms with Gasteiger partial charge in [-0.1, -0.05) is 38.6 Å². The van der Waals surface area contributed by atoms with Crippen LogP contribution in [0.2, 0.25) is 0 Å². The van der Waals surface area contributed by atoms with Crippen molar-refractivity contribution in [1.29, 1.82) is 0 Å². The third-order valence-electron chi connectivity index (χ3n) is 2.57. The van der Waals surface area contributed by atoms with Gasteiger partial charge in [-0.15, -0.1) is 0 Å². The van der Waals surface area contributed by atoms with E-state index in [2.05, 4.69) is 25.4 Å². The van der Waals surface area contributed by atoms with Crippen LogP contribution in [0.1, 0.15) is 20.8 Å². The van der Waals surface area contributed by atoms with Gasteiger partial charge in [0.1, 0.15) is 0 Å². The number of benzene rings is 1. The molecular formula is C15H20N2. The summed E-state index contributed by atoms with van der Waals surface area (Å²) in [5, 5.41) is 0. The van der Waals surface area contributed by atoms with Crippen molar-refractivity contribution in [3.05, 3.63) is 53.8 Å². The highest BCUT2D eigenvalue weighted by Gasteiger charge is 2.06. The van der Waals surface area contributed by atoms with Gasteiger partial charge in [0.15, 0.2) is 0 Å². The Bertz CT molecular complexity index is 435. The first kappa shape index (κ1) is 13.2. The van der Waals surface area contributed by atoms with E-state index in [0.29, 0.717) is 5.92 Å². The van der Waals surface area contributed by atoms with E-state index in [0.717, 1.165) is 22.5 Å². The zero-order valence-electron chi connectivity index (χ0n) is 10.8. The number of aliphatic imine (C=N–C) groups is 1. The smallest absolute Gasteiger partial charge is 0.0629 e. The molecular weight excluding hydrogens is 208 g/mol. The fraction of sp³-hybridized carbons (Fsp3) is 0.267. The second-order valence-corrected chi connectivity index (χ2v) is 4.37. The zero-order chi connectivity index (χ0) is 12.8. The fourth-order valence-electron chi connectivity index (χ4n) is 1.40. The molecule has 0 saturated heterocycles. The maximum Gasteiger partial charge on any atom is 0.0629 e. The Morgan fingerprint density at radius 2 is 1.88 bits per heavy atom. The van der Waals surface area contributed by atoms with Crippen molar-refractivity contribution in [2.24, 2.45) is 16.6 Å². The number of hydrogen-bond donors (Lipinski definition) is 1. The third kappa shape index (κ3) is 3.91. The maximum absolute atomic E-state index is 5.87. The van der Waals surface area contributed by atoms with E-state index < -0.39 is 0 Å². The van der Waals surface area contributed by atoms with Crippen molar-refractivity contribution in [3.63, 3.8) is 0 Å². The van der Waals surface area contributed by atoms with E-state index in [1.807, 2.05) is 37.3 Å². The molecule has 0 saturated carbocycles.